The van der Waals surface area contributed by atoms with Crippen molar-refractivity contribution in [2.24, 2.45) is 0 Å². The molecule has 0 aliphatic heterocycles. The largest absolute Gasteiger partial charge is 0.288 e. The highest BCUT2D eigenvalue weighted by atomic mass is 32.1. The third-order valence-corrected chi connectivity index (χ3v) is 6.51. The van der Waals surface area contributed by atoms with E-state index < -0.39 is 0 Å². The number of pyridine rings is 1. The molecule has 3 heterocycles. The molecule has 5 rings (SSSR count). The molecule has 0 aliphatic rings. The molecule has 0 atom stereocenters. The minimum Gasteiger partial charge on any atom is -0.288 e. The smallest absolute Gasteiger partial charge is 0.261 e. The van der Waals surface area contributed by atoms with Crippen molar-refractivity contribution in [3.8, 4) is 10.4 Å². The van der Waals surface area contributed by atoms with Crippen molar-refractivity contribution in [2.75, 3.05) is 0 Å². The Labute approximate surface area is 176 Å². The molecule has 0 bridgehead atoms. The van der Waals surface area contributed by atoms with E-state index >= 15 is 0 Å². The Morgan fingerprint density at radius 1 is 1.03 bits per heavy atom. The highest BCUT2D eigenvalue weighted by Gasteiger charge is 2.19. The first kappa shape index (κ1) is 18.0. The quantitative estimate of drug-likeness (QED) is 0.367. The van der Waals surface area contributed by atoms with Crippen molar-refractivity contribution in [1.29, 1.82) is 0 Å². The number of hydrogen-bond acceptors (Lipinski definition) is 4. The standard InChI is InChI=1S/C23H17N3OS2/c1-15-7-2-3-9-17(15)20-21-25(14-16-8-6-12-24-13-16)22(27)18-10-4-5-11-19(18)26(21)23(28)29-20/h2-13H,14H2,1H3. The summed E-state index contributed by atoms with van der Waals surface area (Å²) in [6, 6.07) is 19.7. The van der Waals surface area contributed by atoms with Crippen LogP contribution in [0.4, 0.5) is 0 Å². The fourth-order valence-corrected chi connectivity index (χ4v) is 5.25. The maximum atomic E-state index is 13.5. The Morgan fingerprint density at radius 3 is 2.62 bits per heavy atom. The second-order valence-electron chi connectivity index (χ2n) is 6.94. The summed E-state index contributed by atoms with van der Waals surface area (Å²) in [7, 11) is 0. The van der Waals surface area contributed by atoms with Gasteiger partial charge in [-0.2, -0.15) is 0 Å². The van der Waals surface area contributed by atoms with Gasteiger partial charge in [-0.15, -0.1) is 11.3 Å². The molecule has 4 nitrogen and oxygen atoms in total. The lowest BCUT2D eigenvalue weighted by Crippen LogP contribution is -2.23. The number of rotatable bonds is 3. The first-order chi connectivity index (χ1) is 14.1. The second-order valence-corrected chi connectivity index (χ2v) is 8.58. The topological polar surface area (TPSA) is 39.3 Å². The molecule has 2 aromatic carbocycles. The van der Waals surface area contributed by atoms with Crippen molar-refractivity contribution in [2.45, 2.75) is 13.5 Å². The van der Waals surface area contributed by atoms with Crippen LogP contribution in [-0.2, 0) is 6.54 Å². The van der Waals surface area contributed by atoms with Gasteiger partial charge < -0.3 is 0 Å². The number of benzene rings is 2. The molecule has 0 radical (unpaired) electrons. The van der Waals surface area contributed by atoms with Gasteiger partial charge in [-0.05, 0) is 54.0 Å². The zero-order valence-corrected chi connectivity index (χ0v) is 17.3. The van der Waals surface area contributed by atoms with Crippen molar-refractivity contribution < 1.29 is 0 Å². The SMILES string of the molecule is Cc1ccccc1-c1sc(=S)n2c3ccccc3c(=O)n(Cc3cccnc3)c12. The third-order valence-electron chi connectivity index (χ3n) is 5.12. The van der Waals surface area contributed by atoms with Gasteiger partial charge in [0, 0.05) is 12.4 Å². The first-order valence-corrected chi connectivity index (χ1v) is 10.5. The zero-order chi connectivity index (χ0) is 20.0. The lowest BCUT2D eigenvalue weighted by molar-refractivity contribution is 0.777. The van der Waals surface area contributed by atoms with Crippen molar-refractivity contribution >= 4 is 40.1 Å². The summed E-state index contributed by atoms with van der Waals surface area (Å²) < 4.78 is 4.59. The molecule has 0 spiro atoms. The molecule has 0 aliphatic carbocycles. The monoisotopic (exact) mass is 415 g/mol. The van der Waals surface area contributed by atoms with Crippen LogP contribution >= 0.6 is 23.6 Å². The summed E-state index contributed by atoms with van der Waals surface area (Å²) in [5, 5.41) is 0.661. The van der Waals surface area contributed by atoms with Gasteiger partial charge in [-0.25, -0.2) is 0 Å². The normalized spacial score (nSPS) is 11.3. The first-order valence-electron chi connectivity index (χ1n) is 9.27. The van der Waals surface area contributed by atoms with Gasteiger partial charge in [0.25, 0.3) is 5.56 Å². The van der Waals surface area contributed by atoms with E-state index in [1.807, 2.05) is 57.5 Å². The van der Waals surface area contributed by atoms with Crippen LogP contribution < -0.4 is 5.56 Å². The highest BCUT2D eigenvalue weighted by molar-refractivity contribution is 7.73. The third kappa shape index (κ3) is 2.92. The fraction of sp³-hybridized carbons (Fsp3) is 0.0870. The minimum absolute atomic E-state index is 0.0212. The Kier molecular flexibility index (Phi) is 4.38. The van der Waals surface area contributed by atoms with E-state index in [9.17, 15) is 4.79 Å². The molecule has 5 aromatic rings. The molecule has 0 saturated heterocycles. The lowest BCUT2D eigenvalue weighted by atomic mass is 10.1. The minimum atomic E-state index is -0.0212. The van der Waals surface area contributed by atoms with E-state index in [1.54, 1.807) is 23.7 Å². The van der Waals surface area contributed by atoms with Gasteiger partial charge >= 0.3 is 0 Å². The van der Waals surface area contributed by atoms with E-state index in [0.717, 1.165) is 36.7 Å². The average molecular weight is 416 g/mol. The van der Waals surface area contributed by atoms with Crippen LogP contribution in [0.15, 0.2) is 77.9 Å². The summed E-state index contributed by atoms with van der Waals surface area (Å²) in [6.45, 7) is 2.52. The number of thiazole rings is 1. The number of aromatic nitrogens is 3. The molecule has 0 saturated carbocycles. The Balaban J connectivity index is 1.95. The summed E-state index contributed by atoms with van der Waals surface area (Å²) in [6.07, 6.45) is 3.54. The van der Waals surface area contributed by atoms with Crippen LogP contribution in [0, 0.1) is 10.9 Å². The molecular weight excluding hydrogens is 398 g/mol. The number of hydrogen-bond donors (Lipinski definition) is 0. The molecule has 0 fully saturated rings. The Bertz CT molecular complexity index is 1480. The number of nitrogens with zero attached hydrogens (tertiary/aromatic N) is 3. The van der Waals surface area contributed by atoms with Crippen LogP contribution in [0.25, 0.3) is 27.0 Å². The Hall–Kier alpha value is -3.09. The molecule has 0 unspecified atom stereocenters. The van der Waals surface area contributed by atoms with E-state index in [-0.39, 0.29) is 5.56 Å². The molecule has 29 heavy (non-hydrogen) atoms. The summed E-state index contributed by atoms with van der Waals surface area (Å²) in [4.78, 5) is 18.8. The Morgan fingerprint density at radius 2 is 1.83 bits per heavy atom. The van der Waals surface area contributed by atoms with Gasteiger partial charge in [0.05, 0.1) is 22.3 Å². The van der Waals surface area contributed by atoms with Crippen LogP contribution in [0.5, 0.6) is 0 Å². The molecule has 3 aromatic heterocycles. The summed E-state index contributed by atoms with van der Waals surface area (Å²) >= 11 is 7.31. The molecule has 0 amide bonds. The van der Waals surface area contributed by atoms with E-state index in [4.69, 9.17) is 12.2 Å². The van der Waals surface area contributed by atoms with Crippen molar-refractivity contribution in [3.05, 3.63) is 98.5 Å². The zero-order valence-electron chi connectivity index (χ0n) is 15.7. The van der Waals surface area contributed by atoms with Crippen molar-refractivity contribution in [3.63, 3.8) is 0 Å². The second kappa shape index (κ2) is 7.06. The van der Waals surface area contributed by atoms with Gasteiger partial charge in [-0.1, -0.05) is 42.5 Å². The number of aryl methyl sites for hydroxylation is 1. The number of fused-ring (bicyclic) bond motifs is 3. The fourth-order valence-electron chi connectivity index (χ4n) is 3.74. The summed E-state index contributed by atoms with van der Waals surface area (Å²) in [5.74, 6) is 0. The van der Waals surface area contributed by atoms with E-state index in [2.05, 4.69) is 24.0 Å². The average Bonchev–Trinajstić information content (AvgIpc) is 3.09. The van der Waals surface area contributed by atoms with E-state index in [1.165, 1.54) is 0 Å². The lowest BCUT2D eigenvalue weighted by Gasteiger charge is -2.14. The molecule has 142 valence electrons. The van der Waals surface area contributed by atoms with Gasteiger partial charge in [-0.3, -0.25) is 18.7 Å². The van der Waals surface area contributed by atoms with Crippen LogP contribution in [-0.4, -0.2) is 14.0 Å². The predicted octanol–water partition coefficient (Wildman–Crippen LogP) is 5.46. The molecular formula is C23H17N3OS2. The maximum absolute atomic E-state index is 13.5. The predicted molar refractivity (Wildman–Crippen MR) is 121 cm³/mol. The van der Waals surface area contributed by atoms with Crippen molar-refractivity contribution in [1.82, 2.24) is 14.0 Å². The van der Waals surface area contributed by atoms with Crippen LogP contribution in [0.1, 0.15) is 11.1 Å². The molecule has 6 heteroatoms. The van der Waals surface area contributed by atoms with E-state index in [0.29, 0.717) is 11.9 Å². The summed E-state index contributed by atoms with van der Waals surface area (Å²) in [5.41, 5.74) is 4.88. The van der Waals surface area contributed by atoms with Crippen LogP contribution in [0.3, 0.4) is 0 Å². The number of para-hydroxylation sites is 1. The molecule has 0 N–H and O–H groups in total. The van der Waals surface area contributed by atoms with Gasteiger partial charge in [0.2, 0.25) is 0 Å². The van der Waals surface area contributed by atoms with Gasteiger partial charge in [0.15, 0.2) is 3.95 Å². The van der Waals surface area contributed by atoms with Crippen LogP contribution in [0.2, 0.25) is 0 Å². The van der Waals surface area contributed by atoms with Gasteiger partial charge in [0.1, 0.15) is 5.65 Å². The highest BCUT2D eigenvalue weighted by Crippen LogP contribution is 2.35. The maximum Gasteiger partial charge on any atom is 0.261 e.